The van der Waals surface area contributed by atoms with Crippen molar-refractivity contribution in [2.75, 3.05) is 17.2 Å². The van der Waals surface area contributed by atoms with Crippen LogP contribution in [0.1, 0.15) is 23.8 Å². The van der Waals surface area contributed by atoms with Gasteiger partial charge in [-0.25, -0.2) is 4.98 Å². The SMILES string of the molecule is CCCNc1cncc(C(=O)Nc2ccccc2I)n1. The molecule has 5 nitrogen and oxygen atoms in total. The third-order valence-electron chi connectivity index (χ3n) is 2.55. The molecule has 1 aromatic heterocycles. The summed E-state index contributed by atoms with van der Waals surface area (Å²) in [5.74, 6) is 0.351. The van der Waals surface area contributed by atoms with Gasteiger partial charge in [0.1, 0.15) is 11.5 Å². The van der Waals surface area contributed by atoms with E-state index < -0.39 is 0 Å². The van der Waals surface area contributed by atoms with Crippen molar-refractivity contribution in [3.8, 4) is 0 Å². The zero-order valence-corrected chi connectivity index (χ0v) is 13.2. The first-order valence-corrected chi connectivity index (χ1v) is 7.40. The first-order chi connectivity index (χ1) is 9.70. The van der Waals surface area contributed by atoms with Gasteiger partial charge >= 0.3 is 0 Å². The summed E-state index contributed by atoms with van der Waals surface area (Å²) in [6, 6.07) is 7.59. The monoisotopic (exact) mass is 382 g/mol. The van der Waals surface area contributed by atoms with Gasteiger partial charge in [-0.15, -0.1) is 0 Å². The Hall–Kier alpha value is -1.70. The molecule has 0 bridgehead atoms. The normalized spacial score (nSPS) is 10.1. The van der Waals surface area contributed by atoms with Gasteiger partial charge in [0.05, 0.1) is 18.1 Å². The first-order valence-electron chi connectivity index (χ1n) is 6.32. The van der Waals surface area contributed by atoms with Gasteiger partial charge < -0.3 is 10.6 Å². The third kappa shape index (κ3) is 3.89. The zero-order chi connectivity index (χ0) is 14.4. The predicted octanol–water partition coefficient (Wildman–Crippen LogP) is 3.16. The molecule has 20 heavy (non-hydrogen) atoms. The number of halogens is 1. The van der Waals surface area contributed by atoms with Crippen LogP contribution in [0.5, 0.6) is 0 Å². The Bertz CT molecular complexity index is 603. The fourth-order valence-corrected chi connectivity index (χ4v) is 2.08. The summed E-state index contributed by atoms with van der Waals surface area (Å²) in [4.78, 5) is 20.4. The van der Waals surface area contributed by atoms with Crippen LogP contribution in [0.3, 0.4) is 0 Å². The summed E-state index contributed by atoms with van der Waals surface area (Å²) < 4.78 is 0.978. The lowest BCUT2D eigenvalue weighted by molar-refractivity contribution is 0.102. The first kappa shape index (κ1) is 14.7. The van der Waals surface area contributed by atoms with E-state index in [1.807, 2.05) is 24.3 Å². The zero-order valence-electron chi connectivity index (χ0n) is 11.1. The molecular weight excluding hydrogens is 367 g/mol. The molecule has 0 saturated carbocycles. The minimum absolute atomic E-state index is 0.262. The highest BCUT2D eigenvalue weighted by Crippen LogP contribution is 2.17. The minimum atomic E-state index is -0.262. The molecule has 0 atom stereocenters. The topological polar surface area (TPSA) is 66.9 Å². The van der Waals surface area contributed by atoms with E-state index in [1.54, 1.807) is 6.20 Å². The number of hydrogen-bond acceptors (Lipinski definition) is 4. The molecule has 2 N–H and O–H groups in total. The van der Waals surface area contributed by atoms with Crippen molar-refractivity contribution in [1.29, 1.82) is 0 Å². The second kappa shape index (κ2) is 7.18. The number of hydrogen-bond donors (Lipinski definition) is 2. The molecule has 0 aliphatic carbocycles. The van der Waals surface area contributed by atoms with E-state index in [0.717, 1.165) is 22.2 Å². The Kier molecular flexibility index (Phi) is 5.28. The molecule has 0 saturated heterocycles. The maximum atomic E-state index is 12.1. The fourth-order valence-electron chi connectivity index (χ4n) is 1.56. The van der Waals surface area contributed by atoms with Crippen LogP contribution in [-0.4, -0.2) is 22.4 Å². The lowest BCUT2D eigenvalue weighted by atomic mass is 10.3. The van der Waals surface area contributed by atoms with Crippen molar-refractivity contribution < 1.29 is 4.79 Å². The van der Waals surface area contributed by atoms with Crippen LogP contribution in [-0.2, 0) is 0 Å². The van der Waals surface area contributed by atoms with Crippen molar-refractivity contribution in [2.45, 2.75) is 13.3 Å². The van der Waals surface area contributed by atoms with Gasteiger partial charge in [-0.2, -0.15) is 0 Å². The molecule has 1 aromatic carbocycles. The van der Waals surface area contributed by atoms with E-state index >= 15 is 0 Å². The number of benzene rings is 1. The van der Waals surface area contributed by atoms with Crippen LogP contribution < -0.4 is 10.6 Å². The highest BCUT2D eigenvalue weighted by Gasteiger charge is 2.10. The Morgan fingerprint density at radius 3 is 2.85 bits per heavy atom. The largest absolute Gasteiger partial charge is 0.369 e. The summed E-state index contributed by atoms with van der Waals surface area (Å²) in [5, 5.41) is 5.94. The van der Waals surface area contributed by atoms with Gasteiger partial charge in [0.2, 0.25) is 0 Å². The fraction of sp³-hybridized carbons (Fsp3) is 0.214. The van der Waals surface area contributed by atoms with E-state index in [0.29, 0.717) is 11.5 Å². The molecule has 0 radical (unpaired) electrons. The molecular formula is C14H15IN4O. The molecule has 0 aliphatic heterocycles. The number of amides is 1. The van der Waals surface area contributed by atoms with Crippen molar-refractivity contribution in [2.24, 2.45) is 0 Å². The number of nitrogens with one attached hydrogen (secondary N) is 2. The molecule has 2 aromatic rings. The van der Waals surface area contributed by atoms with Gasteiger partial charge in [-0.3, -0.25) is 9.78 Å². The molecule has 0 aliphatic rings. The Morgan fingerprint density at radius 1 is 1.30 bits per heavy atom. The van der Waals surface area contributed by atoms with E-state index in [9.17, 15) is 4.79 Å². The Labute approximate surface area is 131 Å². The van der Waals surface area contributed by atoms with Crippen LogP contribution in [0.2, 0.25) is 0 Å². The van der Waals surface area contributed by atoms with Gasteiger partial charge in [0.25, 0.3) is 5.91 Å². The van der Waals surface area contributed by atoms with Crippen LogP contribution in [0, 0.1) is 3.57 Å². The average Bonchev–Trinajstić information content (AvgIpc) is 2.48. The van der Waals surface area contributed by atoms with Crippen LogP contribution in [0.15, 0.2) is 36.7 Å². The van der Waals surface area contributed by atoms with Gasteiger partial charge in [0.15, 0.2) is 0 Å². The molecule has 0 unspecified atom stereocenters. The quantitative estimate of drug-likeness (QED) is 0.780. The smallest absolute Gasteiger partial charge is 0.275 e. The number of para-hydroxylation sites is 1. The average molecular weight is 382 g/mol. The van der Waals surface area contributed by atoms with E-state index in [2.05, 4.69) is 50.1 Å². The summed E-state index contributed by atoms with van der Waals surface area (Å²) in [6.07, 6.45) is 4.06. The van der Waals surface area contributed by atoms with E-state index in [-0.39, 0.29) is 5.91 Å². The molecule has 0 fully saturated rings. The van der Waals surface area contributed by atoms with Gasteiger partial charge in [-0.1, -0.05) is 19.1 Å². The van der Waals surface area contributed by atoms with Crippen molar-refractivity contribution >= 4 is 40.0 Å². The highest BCUT2D eigenvalue weighted by molar-refractivity contribution is 14.1. The lowest BCUT2D eigenvalue weighted by Crippen LogP contribution is -2.16. The number of nitrogens with zero attached hydrogens (tertiary/aromatic N) is 2. The standard InChI is InChI=1S/C14H15IN4O/c1-2-7-17-13-9-16-8-12(18-13)14(20)19-11-6-4-3-5-10(11)15/h3-6,8-9H,2,7H2,1H3,(H,17,18)(H,19,20). The number of carbonyl (C=O) groups is 1. The Morgan fingerprint density at radius 2 is 2.10 bits per heavy atom. The molecule has 1 amide bonds. The molecule has 0 spiro atoms. The molecule has 104 valence electrons. The van der Waals surface area contributed by atoms with Crippen molar-refractivity contribution in [3.05, 3.63) is 45.9 Å². The Balaban J connectivity index is 2.11. The van der Waals surface area contributed by atoms with Crippen LogP contribution in [0.25, 0.3) is 0 Å². The van der Waals surface area contributed by atoms with Crippen LogP contribution >= 0.6 is 22.6 Å². The highest BCUT2D eigenvalue weighted by atomic mass is 127. The van der Waals surface area contributed by atoms with E-state index in [1.165, 1.54) is 6.20 Å². The molecule has 2 rings (SSSR count). The van der Waals surface area contributed by atoms with Gasteiger partial charge in [0, 0.05) is 10.1 Å². The number of anilines is 2. The maximum Gasteiger partial charge on any atom is 0.275 e. The number of aromatic nitrogens is 2. The minimum Gasteiger partial charge on any atom is -0.369 e. The maximum absolute atomic E-state index is 12.1. The summed E-state index contributed by atoms with van der Waals surface area (Å²) in [6.45, 7) is 2.87. The second-order valence-electron chi connectivity index (χ2n) is 4.15. The van der Waals surface area contributed by atoms with Crippen molar-refractivity contribution in [1.82, 2.24) is 9.97 Å². The van der Waals surface area contributed by atoms with E-state index in [4.69, 9.17) is 0 Å². The predicted molar refractivity (Wildman–Crippen MR) is 87.9 cm³/mol. The number of carbonyl (C=O) groups excluding carboxylic acids is 1. The second-order valence-corrected chi connectivity index (χ2v) is 5.31. The third-order valence-corrected chi connectivity index (χ3v) is 3.49. The van der Waals surface area contributed by atoms with Gasteiger partial charge in [-0.05, 0) is 41.1 Å². The molecule has 6 heteroatoms. The molecule has 1 heterocycles. The summed E-state index contributed by atoms with van der Waals surface area (Å²) in [7, 11) is 0. The number of rotatable bonds is 5. The van der Waals surface area contributed by atoms with Crippen molar-refractivity contribution in [3.63, 3.8) is 0 Å². The van der Waals surface area contributed by atoms with Crippen LogP contribution in [0.4, 0.5) is 11.5 Å². The summed E-state index contributed by atoms with van der Waals surface area (Å²) in [5.41, 5.74) is 1.07. The summed E-state index contributed by atoms with van der Waals surface area (Å²) >= 11 is 2.18. The lowest BCUT2D eigenvalue weighted by Gasteiger charge is -2.08.